The lowest BCUT2D eigenvalue weighted by molar-refractivity contribution is -0.141. The second-order valence-electron chi connectivity index (χ2n) is 5.71. The molecule has 1 aromatic heterocycles. The van der Waals surface area contributed by atoms with Gasteiger partial charge in [0.25, 0.3) is 11.5 Å². The number of para-hydroxylation sites is 1. The van der Waals surface area contributed by atoms with Crippen LogP contribution in [0.1, 0.15) is 18.9 Å². The number of aromatic amines is 2. The second kappa shape index (κ2) is 7.74. The Morgan fingerprint density at radius 1 is 1.21 bits per heavy atom. The maximum atomic E-state index is 12.9. The maximum Gasteiger partial charge on any atom is 0.328 e. The van der Waals surface area contributed by atoms with E-state index in [-0.39, 0.29) is 29.9 Å². The molecular weight excluding hydrogens is 368 g/mol. The Hall–Kier alpha value is -3.95. The smallest absolute Gasteiger partial charge is 0.328 e. The molecule has 2 aromatic rings. The van der Waals surface area contributed by atoms with Gasteiger partial charge in [0.15, 0.2) is 0 Å². The fraction of sp³-hybridized carbons (Fsp3) is 0.167. The SMILES string of the molecule is CCOC(=O)CC1=NN(c2ccccc2)C(=O)/C1=C\c1c(O)[nH]c(=O)[nH]c1=O. The van der Waals surface area contributed by atoms with Gasteiger partial charge >= 0.3 is 11.7 Å². The van der Waals surface area contributed by atoms with Crippen molar-refractivity contribution >= 4 is 29.4 Å². The first-order valence-corrected chi connectivity index (χ1v) is 8.31. The van der Waals surface area contributed by atoms with Crippen LogP contribution in [-0.2, 0) is 14.3 Å². The number of aromatic nitrogens is 2. The minimum atomic E-state index is -0.895. The lowest BCUT2D eigenvalue weighted by Gasteiger charge is -2.10. The van der Waals surface area contributed by atoms with Crippen molar-refractivity contribution in [3.8, 4) is 5.88 Å². The number of hydrazone groups is 1. The Morgan fingerprint density at radius 2 is 1.93 bits per heavy atom. The van der Waals surface area contributed by atoms with Crippen LogP contribution < -0.4 is 16.3 Å². The van der Waals surface area contributed by atoms with Gasteiger partial charge in [-0.3, -0.25) is 24.4 Å². The summed E-state index contributed by atoms with van der Waals surface area (Å²) in [6, 6.07) is 8.49. The molecule has 0 unspecified atom stereocenters. The highest BCUT2D eigenvalue weighted by Gasteiger charge is 2.33. The fourth-order valence-corrected chi connectivity index (χ4v) is 2.59. The number of aromatic hydroxyl groups is 1. The number of hydrogen-bond donors (Lipinski definition) is 3. The van der Waals surface area contributed by atoms with Crippen LogP contribution in [0.2, 0.25) is 0 Å². The Balaban J connectivity index is 2.08. The van der Waals surface area contributed by atoms with Crippen LogP contribution in [0.4, 0.5) is 5.69 Å². The zero-order valence-corrected chi connectivity index (χ0v) is 14.8. The second-order valence-corrected chi connectivity index (χ2v) is 5.71. The van der Waals surface area contributed by atoms with Crippen molar-refractivity contribution in [3.05, 3.63) is 62.3 Å². The fourth-order valence-electron chi connectivity index (χ4n) is 2.59. The summed E-state index contributed by atoms with van der Waals surface area (Å²) in [4.78, 5) is 52.0. The predicted molar refractivity (Wildman–Crippen MR) is 99.9 cm³/mol. The third kappa shape index (κ3) is 3.75. The highest BCUT2D eigenvalue weighted by atomic mass is 16.5. The minimum Gasteiger partial charge on any atom is -0.494 e. The van der Waals surface area contributed by atoms with Crippen LogP contribution >= 0.6 is 0 Å². The number of anilines is 1. The molecule has 1 amide bonds. The predicted octanol–water partition coefficient (Wildman–Crippen LogP) is 0.508. The quantitative estimate of drug-likeness (QED) is 0.506. The van der Waals surface area contributed by atoms with Gasteiger partial charge in [0.1, 0.15) is 5.56 Å². The number of ether oxygens (including phenoxy) is 1. The Morgan fingerprint density at radius 3 is 2.57 bits per heavy atom. The molecule has 0 fully saturated rings. The third-order valence-corrected chi connectivity index (χ3v) is 3.82. The van der Waals surface area contributed by atoms with Crippen LogP contribution in [0.15, 0.2) is 50.6 Å². The van der Waals surface area contributed by atoms with Crippen LogP contribution in [0.5, 0.6) is 5.88 Å². The highest BCUT2D eigenvalue weighted by Crippen LogP contribution is 2.26. The van der Waals surface area contributed by atoms with E-state index >= 15 is 0 Å². The number of amides is 1. The van der Waals surface area contributed by atoms with Gasteiger partial charge in [0, 0.05) is 0 Å². The molecule has 1 aromatic carbocycles. The van der Waals surface area contributed by atoms with Crippen LogP contribution in [-0.4, -0.2) is 39.3 Å². The van der Waals surface area contributed by atoms with E-state index in [2.05, 4.69) is 5.10 Å². The van der Waals surface area contributed by atoms with E-state index in [4.69, 9.17) is 4.74 Å². The number of nitrogens with one attached hydrogen (secondary N) is 2. The molecule has 0 spiro atoms. The van der Waals surface area contributed by atoms with Gasteiger partial charge in [0.05, 0.1) is 30.0 Å². The minimum absolute atomic E-state index is 0.0669. The summed E-state index contributed by atoms with van der Waals surface area (Å²) in [5.74, 6) is -1.91. The van der Waals surface area contributed by atoms with Crippen molar-refractivity contribution in [2.24, 2.45) is 5.10 Å². The molecule has 0 aliphatic carbocycles. The average Bonchev–Trinajstić information content (AvgIpc) is 2.94. The van der Waals surface area contributed by atoms with Crippen molar-refractivity contribution in [1.29, 1.82) is 0 Å². The van der Waals surface area contributed by atoms with E-state index in [1.807, 2.05) is 9.97 Å². The number of hydrogen-bond acceptors (Lipinski definition) is 7. The first kappa shape index (κ1) is 18.8. The molecule has 0 bridgehead atoms. The molecule has 10 heteroatoms. The molecule has 2 heterocycles. The van der Waals surface area contributed by atoms with E-state index in [9.17, 15) is 24.3 Å². The standard InChI is InChI=1S/C18H16N4O6/c1-2-28-14(23)9-13-11(8-12-15(24)19-18(27)20-16(12)25)17(26)22(21-13)10-6-4-3-5-7-10/h3-8H,2,9H2,1H3,(H3,19,20,24,25,27)/b11-8-. The average molecular weight is 384 g/mol. The summed E-state index contributed by atoms with van der Waals surface area (Å²) < 4.78 is 4.90. The zero-order chi connectivity index (χ0) is 20.3. The molecule has 144 valence electrons. The van der Waals surface area contributed by atoms with Crippen molar-refractivity contribution < 1.29 is 19.4 Å². The largest absolute Gasteiger partial charge is 0.494 e. The summed E-state index contributed by atoms with van der Waals surface area (Å²) in [5, 5.41) is 15.1. The summed E-state index contributed by atoms with van der Waals surface area (Å²) in [6.07, 6.45) is 0.768. The van der Waals surface area contributed by atoms with E-state index in [1.54, 1.807) is 37.3 Å². The number of carbonyl (C=O) groups excluding carboxylic acids is 2. The summed E-state index contributed by atoms with van der Waals surface area (Å²) >= 11 is 0. The maximum absolute atomic E-state index is 12.9. The number of H-pyrrole nitrogens is 2. The third-order valence-electron chi connectivity index (χ3n) is 3.82. The van der Waals surface area contributed by atoms with Gasteiger partial charge in [-0.25, -0.2) is 4.79 Å². The molecule has 3 N–H and O–H groups in total. The molecular formula is C18H16N4O6. The summed E-state index contributed by atoms with van der Waals surface area (Å²) in [7, 11) is 0. The first-order valence-electron chi connectivity index (χ1n) is 8.31. The highest BCUT2D eigenvalue weighted by molar-refractivity contribution is 6.34. The van der Waals surface area contributed by atoms with Crippen molar-refractivity contribution in [3.63, 3.8) is 0 Å². The topological polar surface area (TPSA) is 145 Å². The van der Waals surface area contributed by atoms with E-state index in [1.165, 1.54) is 0 Å². The molecule has 0 radical (unpaired) electrons. The molecule has 28 heavy (non-hydrogen) atoms. The number of carbonyl (C=O) groups is 2. The van der Waals surface area contributed by atoms with Gasteiger partial charge in [-0.15, -0.1) is 0 Å². The van der Waals surface area contributed by atoms with Crippen LogP contribution in [0.25, 0.3) is 6.08 Å². The summed E-state index contributed by atoms with van der Waals surface area (Å²) in [5.41, 5.74) is -1.68. The van der Waals surface area contributed by atoms with Crippen molar-refractivity contribution in [2.45, 2.75) is 13.3 Å². The van der Waals surface area contributed by atoms with Gasteiger partial charge in [-0.1, -0.05) is 18.2 Å². The zero-order valence-electron chi connectivity index (χ0n) is 14.8. The van der Waals surface area contributed by atoms with Gasteiger partial charge in [-0.05, 0) is 25.1 Å². The molecule has 0 saturated carbocycles. The molecule has 1 aliphatic heterocycles. The van der Waals surface area contributed by atoms with Gasteiger partial charge in [0.2, 0.25) is 5.88 Å². The molecule has 0 atom stereocenters. The lowest BCUT2D eigenvalue weighted by Crippen LogP contribution is -2.25. The van der Waals surface area contributed by atoms with Crippen molar-refractivity contribution in [1.82, 2.24) is 9.97 Å². The number of benzene rings is 1. The number of nitrogens with zero attached hydrogens (tertiary/aromatic N) is 2. The molecule has 1 aliphatic rings. The lowest BCUT2D eigenvalue weighted by atomic mass is 10.1. The van der Waals surface area contributed by atoms with E-state index in [0.29, 0.717) is 5.69 Å². The Kier molecular flexibility index (Phi) is 5.21. The monoisotopic (exact) mass is 384 g/mol. The van der Waals surface area contributed by atoms with Crippen LogP contribution in [0.3, 0.4) is 0 Å². The molecule has 0 saturated heterocycles. The van der Waals surface area contributed by atoms with Crippen LogP contribution in [0, 0.1) is 0 Å². The van der Waals surface area contributed by atoms with E-state index in [0.717, 1.165) is 11.1 Å². The Bertz CT molecular complexity index is 1100. The van der Waals surface area contributed by atoms with E-state index < -0.39 is 29.0 Å². The Labute approximate surface area is 157 Å². The van der Waals surface area contributed by atoms with Gasteiger partial charge in [-0.2, -0.15) is 10.1 Å². The normalized spacial score (nSPS) is 15.0. The van der Waals surface area contributed by atoms with Gasteiger partial charge < -0.3 is 9.84 Å². The molecule has 3 rings (SSSR count). The summed E-state index contributed by atoms with van der Waals surface area (Å²) in [6.45, 7) is 1.80. The first-order chi connectivity index (χ1) is 13.4. The van der Waals surface area contributed by atoms with Crippen molar-refractivity contribution in [2.75, 3.05) is 11.6 Å². The number of rotatable bonds is 5. The molecule has 10 nitrogen and oxygen atoms in total. The number of esters is 1.